The number of hydrogen-bond acceptors (Lipinski definition) is 7. The number of carbonyl (C=O) groups excluding carboxylic acids is 2. The van der Waals surface area contributed by atoms with Gasteiger partial charge in [-0.1, -0.05) is 0 Å². The van der Waals surface area contributed by atoms with E-state index < -0.39 is 11.9 Å². The number of carbonyl (C=O) groups is 2. The van der Waals surface area contributed by atoms with Gasteiger partial charge in [0.2, 0.25) is 5.95 Å². The summed E-state index contributed by atoms with van der Waals surface area (Å²) in [5, 5.41) is 0. The van der Waals surface area contributed by atoms with Crippen LogP contribution in [-0.2, 0) is 9.53 Å². The van der Waals surface area contributed by atoms with E-state index in [1.165, 1.54) is 6.92 Å². The van der Waals surface area contributed by atoms with E-state index in [2.05, 4.69) is 9.97 Å². The molecule has 0 amide bonds. The third-order valence-electron chi connectivity index (χ3n) is 2.84. The molecule has 0 fully saturated rings. The number of aromatic nitrogens is 2. The third kappa shape index (κ3) is 4.14. The zero-order valence-electron chi connectivity index (χ0n) is 13.4. The zero-order valence-corrected chi connectivity index (χ0v) is 13.4. The molecule has 0 radical (unpaired) electrons. The summed E-state index contributed by atoms with van der Waals surface area (Å²) in [7, 11) is 7.23. The molecule has 1 rings (SSSR count). The Morgan fingerprint density at radius 3 is 2.29 bits per heavy atom. The van der Waals surface area contributed by atoms with Gasteiger partial charge in [0.1, 0.15) is 17.4 Å². The first kappa shape index (κ1) is 16.9. The SMILES string of the molecule is CCOC(=O)C(C)C(=O)c1cc(N(C)C)nc(N(C)C)n1. The van der Waals surface area contributed by atoms with Gasteiger partial charge in [-0.15, -0.1) is 0 Å². The Bertz CT molecular complexity index is 503. The molecule has 0 aromatic carbocycles. The predicted octanol–water partition coefficient (Wildman–Crippen LogP) is 0.990. The minimum atomic E-state index is -0.884. The zero-order chi connectivity index (χ0) is 16.2. The number of hydrogen-bond donors (Lipinski definition) is 0. The van der Waals surface area contributed by atoms with Gasteiger partial charge in [0, 0.05) is 34.3 Å². The molecular formula is C14H22N4O3. The highest BCUT2D eigenvalue weighted by Gasteiger charge is 2.26. The van der Waals surface area contributed by atoms with Crippen LogP contribution in [0.15, 0.2) is 6.07 Å². The molecule has 0 aliphatic rings. The molecule has 1 aromatic rings. The Labute approximate surface area is 124 Å². The average molecular weight is 294 g/mol. The molecule has 0 bridgehead atoms. The Kier molecular flexibility index (Phi) is 5.63. The predicted molar refractivity (Wildman–Crippen MR) is 80.8 cm³/mol. The second kappa shape index (κ2) is 7.01. The monoisotopic (exact) mass is 294 g/mol. The van der Waals surface area contributed by atoms with Crippen LogP contribution in [0, 0.1) is 5.92 Å². The van der Waals surface area contributed by atoms with Gasteiger partial charge in [-0.3, -0.25) is 9.59 Å². The van der Waals surface area contributed by atoms with Gasteiger partial charge in [-0.2, -0.15) is 4.98 Å². The smallest absolute Gasteiger partial charge is 0.316 e. The largest absolute Gasteiger partial charge is 0.465 e. The molecule has 0 aliphatic heterocycles. The maximum atomic E-state index is 12.4. The lowest BCUT2D eigenvalue weighted by Gasteiger charge is -2.17. The van der Waals surface area contributed by atoms with Crippen LogP contribution >= 0.6 is 0 Å². The quantitative estimate of drug-likeness (QED) is 0.440. The summed E-state index contributed by atoms with van der Waals surface area (Å²) in [6.07, 6.45) is 0. The summed E-state index contributed by atoms with van der Waals surface area (Å²) in [4.78, 5) is 36.1. The highest BCUT2D eigenvalue weighted by Crippen LogP contribution is 2.17. The van der Waals surface area contributed by atoms with E-state index in [4.69, 9.17) is 4.74 Å². The summed E-state index contributed by atoms with van der Waals surface area (Å²) < 4.78 is 4.88. The van der Waals surface area contributed by atoms with E-state index in [9.17, 15) is 9.59 Å². The standard InChI is InChI=1S/C14H22N4O3/c1-7-21-13(20)9(2)12(19)10-8-11(17(3)4)16-14(15-10)18(5)6/h8-9H,7H2,1-6H3. The molecule has 7 heteroatoms. The maximum absolute atomic E-state index is 12.4. The highest BCUT2D eigenvalue weighted by atomic mass is 16.5. The second-order valence-corrected chi connectivity index (χ2v) is 5.04. The van der Waals surface area contributed by atoms with Gasteiger partial charge in [-0.25, -0.2) is 4.98 Å². The van der Waals surface area contributed by atoms with Gasteiger partial charge < -0.3 is 14.5 Å². The first-order valence-corrected chi connectivity index (χ1v) is 6.72. The third-order valence-corrected chi connectivity index (χ3v) is 2.84. The maximum Gasteiger partial charge on any atom is 0.316 e. The van der Waals surface area contributed by atoms with E-state index in [-0.39, 0.29) is 18.1 Å². The molecule has 1 atom stereocenters. The fraction of sp³-hybridized carbons (Fsp3) is 0.571. The van der Waals surface area contributed by atoms with Crippen LogP contribution in [0.25, 0.3) is 0 Å². The van der Waals surface area contributed by atoms with Crippen molar-refractivity contribution >= 4 is 23.5 Å². The lowest BCUT2D eigenvalue weighted by molar-refractivity contribution is -0.145. The van der Waals surface area contributed by atoms with Gasteiger partial charge >= 0.3 is 5.97 Å². The number of rotatable bonds is 6. The van der Waals surface area contributed by atoms with Gasteiger partial charge in [0.05, 0.1) is 6.61 Å². The number of ether oxygens (including phenoxy) is 1. The summed E-state index contributed by atoms with van der Waals surface area (Å²) in [5.74, 6) is -0.778. The van der Waals surface area contributed by atoms with Crippen LogP contribution in [0.5, 0.6) is 0 Å². The summed E-state index contributed by atoms with van der Waals surface area (Å²) in [6, 6.07) is 1.57. The van der Waals surface area contributed by atoms with Crippen molar-refractivity contribution in [2.24, 2.45) is 5.92 Å². The number of esters is 1. The molecule has 0 N–H and O–H groups in total. The molecule has 1 aromatic heterocycles. The van der Waals surface area contributed by atoms with Crippen LogP contribution < -0.4 is 9.80 Å². The number of anilines is 2. The average Bonchev–Trinajstić information content (AvgIpc) is 2.45. The Hall–Kier alpha value is -2.18. The molecule has 7 nitrogen and oxygen atoms in total. The molecule has 1 heterocycles. The van der Waals surface area contributed by atoms with Crippen LogP contribution in [0.4, 0.5) is 11.8 Å². The highest BCUT2D eigenvalue weighted by molar-refractivity contribution is 6.07. The second-order valence-electron chi connectivity index (χ2n) is 5.04. The summed E-state index contributed by atoms with van der Waals surface area (Å²) >= 11 is 0. The Balaban J connectivity index is 3.16. The van der Waals surface area contributed by atoms with Crippen molar-refractivity contribution in [1.29, 1.82) is 0 Å². The van der Waals surface area contributed by atoms with E-state index in [0.717, 1.165) is 0 Å². The fourth-order valence-electron chi connectivity index (χ4n) is 1.57. The molecule has 21 heavy (non-hydrogen) atoms. The van der Waals surface area contributed by atoms with Crippen molar-refractivity contribution in [1.82, 2.24) is 9.97 Å². The Morgan fingerprint density at radius 1 is 1.19 bits per heavy atom. The molecule has 0 aliphatic carbocycles. The lowest BCUT2D eigenvalue weighted by Crippen LogP contribution is -2.26. The van der Waals surface area contributed by atoms with Gasteiger partial charge in [0.15, 0.2) is 5.78 Å². The van der Waals surface area contributed by atoms with Crippen molar-refractivity contribution in [3.63, 3.8) is 0 Å². The minimum Gasteiger partial charge on any atom is -0.465 e. The molecule has 116 valence electrons. The van der Waals surface area contributed by atoms with Crippen LogP contribution in [-0.4, -0.2) is 56.5 Å². The van der Waals surface area contributed by atoms with Crippen molar-refractivity contribution in [2.45, 2.75) is 13.8 Å². The van der Waals surface area contributed by atoms with Crippen molar-refractivity contribution in [2.75, 3.05) is 44.6 Å². The first-order valence-electron chi connectivity index (χ1n) is 6.72. The molecular weight excluding hydrogens is 272 g/mol. The van der Waals surface area contributed by atoms with E-state index in [1.54, 1.807) is 36.9 Å². The molecule has 1 unspecified atom stereocenters. The first-order chi connectivity index (χ1) is 9.77. The molecule has 0 saturated heterocycles. The van der Waals surface area contributed by atoms with Crippen LogP contribution in [0.3, 0.4) is 0 Å². The van der Waals surface area contributed by atoms with E-state index in [0.29, 0.717) is 11.8 Å². The van der Waals surface area contributed by atoms with E-state index in [1.807, 2.05) is 14.1 Å². The fourth-order valence-corrected chi connectivity index (χ4v) is 1.57. The Morgan fingerprint density at radius 2 is 1.81 bits per heavy atom. The lowest BCUT2D eigenvalue weighted by atomic mass is 10.0. The van der Waals surface area contributed by atoms with Crippen molar-refractivity contribution in [3.8, 4) is 0 Å². The van der Waals surface area contributed by atoms with Crippen molar-refractivity contribution < 1.29 is 14.3 Å². The number of ketones is 1. The normalized spacial score (nSPS) is 11.7. The summed E-state index contributed by atoms with van der Waals surface area (Å²) in [6.45, 7) is 3.47. The van der Waals surface area contributed by atoms with Crippen LogP contribution in [0.2, 0.25) is 0 Å². The van der Waals surface area contributed by atoms with Crippen LogP contribution in [0.1, 0.15) is 24.3 Å². The molecule has 0 saturated carbocycles. The van der Waals surface area contributed by atoms with Gasteiger partial charge in [-0.05, 0) is 13.8 Å². The minimum absolute atomic E-state index is 0.206. The van der Waals surface area contributed by atoms with Gasteiger partial charge in [0.25, 0.3) is 0 Å². The number of nitrogens with zero attached hydrogens (tertiary/aromatic N) is 4. The summed E-state index contributed by atoms with van der Waals surface area (Å²) in [5.41, 5.74) is 0.206. The van der Waals surface area contributed by atoms with E-state index >= 15 is 0 Å². The number of Topliss-reactive ketones (excluding diaryl/α,β-unsaturated/α-hetero) is 1. The molecule has 0 spiro atoms. The van der Waals surface area contributed by atoms with Crippen molar-refractivity contribution in [3.05, 3.63) is 11.8 Å². The topological polar surface area (TPSA) is 75.6 Å².